The van der Waals surface area contributed by atoms with Crippen LogP contribution in [0.25, 0.3) is 0 Å². The molecule has 1 rings (SSSR count). The lowest BCUT2D eigenvalue weighted by molar-refractivity contribution is 0.132. The second-order valence-corrected chi connectivity index (χ2v) is 6.10. The lowest BCUT2D eigenvalue weighted by atomic mass is 9.97. The quantitative estimate of drug-likeness (QED) is 0.735. The van der Waals surface area contributed by atoms with Crippen LogP contribution in [0, 0.1) is 5.92 Å². The molecule has 2 heteroatoms. The first-order valence-corrected chi connectivity index (χ1v) is 7.61. The normalized spacial score (nSPS) is 26.6. The summed E-state index contributed by atoms with van der Waals surface area (Å²) in [5, 5.41) is 3.67. The highest BCUT2D eigenvalue weighted by atomic mass is 15.2. The van der Waals surface area contributed by atoms with Crippen LogP contribution >= 0.6 is 0 Å². The van der Waals surface area contributed by atoms with Gasteiger partial charge in [-0.05, 0) is 64.6 Å². The third kappa shape index (κ3) is 5.87. The number of hydrogen-bond donors (Lipinski definition) is 1. The van der Waals surface area contributed by atoms with E-state index in [1.54, 1.807) is 0 Å². The van der Waals surface area contributed by atoms with Crippen molar-refractivity contribution in [2.45, 2.75) is 71.9 Å². The minimum atomic E-state index is 0.769. The number of hydrogen-bond acceptors (Lipinski definition) is 2. The van der Waals surface area contributed by atoms with Gasteiger partial charge in [-0.3, -0.25) is 0 Å². The van der Waals surface area contributed by atoms with E-state index in [-0.39, 0.29) is 0 Å². The van der Waals surface area contributed by atoms with E-state index in [1.165, 1.54) is 51.7 Å². The summed E-state index contributed by atoms with van der Waals surface area (Å²) in [6.07, 6.45) is 6.67. The van der Waals surface area contributed by atoms with Crippen molar-refractivity contribution in [2.75, 3.05) is 19.6 Å². The summed E-state index contributed by atoms with van der Waals surface area (Å²) in [4.78, 5) is 2.69. The molecule has 102 valence electrons. The summed E-state index contributed by atoms with van der Waals surface area (Å²) in [6.45, 7) is 13.1. The summed E-state index contributed by atoms with van der Waals surface area (Å²) >= 11 is 0. The second kappa shape index (κ2) is 8.10. The molecule has 0 radical (unpaired) electrons. The van der Waals surface area contributed by atoms with E-state index in [2.05, 4.69) is 37.9 Å². The Kier molecular flexibility index (Phi) is 7.14. The average Bonchev–Trinajstić information content (AvgIpc) is 2.28. The summed E-state index contributed by atoms with van der Waals surface area (Å²) in [7, 11) is 0. The van der Waals surface area contributed by atoms with Gasteiger partial charge in [-0.1, -0.05) is 20.8 Å². The van der Waals surface area contributed by atoms with E-state index < -0.39 is 0 Å². The van der Waals surface area contributed by atoms with Crippen LogP contribution in [0.5, 0.6) is 0 Å². The van der Waals surface area contributed by atoms with E-state index in [0.717, 1.165) is 18.0 Å². The van der Waals surface area contributed by atoms with Gasteiger partial charge in [0.1, 0.15) is 0 Å². The van der Waals surface area contributed by atoms with Crippen molar-refractivity contribution in [1.29, 1.82) is 0 Å². The number of likely N-dealkylation sites (tertiary alicyclic amines) is 1. The fourth-order valence-corrected chi connectivity index (χ4v) is 2.79. The summed E-state index contributed by atoms with van der Waals surface area (Å²) in [5.74, 6) is 0.856. The summed E-state index contributed by atoms with van der Waals surface area (Å²) in [5.41, 5.74) is 0. The molecule has 0 aliphatic carbocycles. The molecule has 17 heavy (non-hydrogen) atoms. The van der Waals surface area contributed by atoms with Crippen LogP contribution in [0.2, 0.25) is 0 Å². The highest BCUT2D eigenvalue weighted by Gasteiger charge is 2.24. The predicted octanol–water partition coefficient (Wildman–Crippen LogP) is 3.28. The fourth-order valence-electron chi connectivity index (χ4n) is 2.79. The molecular formula is C15H32N2. The van der Waals surface area contributed by atoms with Crippen LogP contribution in [0.15, 0.2) is 0 Å². The Hall–Kier alpha value is -0.0800. The fraction of sp³-hybridized carbons (Fsp3) is 1.00. The molecule has 1 N–H and O–H groups in total. The smallest absolute Gasteiger partial charge is 0.00940 e. The van der Waals surface area contributed by atoms with Crippen LogP contribution < -0.4 is 5.32 Å². The van der Waals surface area contributed by atoms with Gasteiger partial charge < -0.3 is 10.2 Å². The molecule has 0 amide bonds. The maximum Gasteiger partial charge on any atom is 0.00940 e. The molecule has 0 bridgehead atoms. The number of rotatable bonds is 7. The first-order valence-electron chi connectivity index (χ1n) is 7.61. The molecule has 2 nitrogen and oxygen atoms in total. The van der Waals surface area contributed by atoms with Gasteiger partial charge in [0.25, 0.3) is 0 Å². The van der Waals surface area contributed by atoms with Crippen molar-refractivity contribution in [3.63, 3.8) is 0 Å². The molecule has 0 spiro atoms. The van der Waals surface area contributed by atoms with Crippen molar-refractivity contribution in [3.05, 3.63) is 0 Å². The summed E-state index contributed by atoms with van der Waals surface area (Å²) < 4.78 is 0. The lowest BCUT2D eigenvalue weighted by Crippen LogP contribution is -2.47. The van der Waals surface area contributed by atoms with Gasteiger partial charge in [0.15, 0.2) is 0 Å². The molecular weight excluding hydrogens is 208 g/mol. The van der Waals surface area contributed by atoms with Crippen LogP contribution in [-0.2, 0) is 0 Å². The zero-order valence-corrected chi connectivity index (χ0v) is 12.3. The first-order chi connectivity index (χ1) is 8.13. The zero-order chi connectivity index (χ0) is 12.7. The third-order valence-corrected chi connectivity index (χ3v) is 3.92. The number of nitrogens with one attached hydrogen (secondary N) is 1. The lowest BCUT2D eigenvalue weighted by Gasteiger charge is -2.38. The first kappa shape index (κ1) is 15.0. The Morgan fingerprint density at radius 1 is 1.35 bits per heavy atom. The Labute approximate surface area is 108 Å². The molecule has 0 aromatic rings. The van der Waals surface area contributed by atoms with Crippen molar-refractivity contribution in [2.24, 2.45) is 5.92 Å². The van der Waals surface area contributed by atoms with E-state index in [4.69, 9.17) is 0 Å². The number of nitrogens with zero attached hydrogens (tertiary/aromatic N) is 1. The molecule has 2 unspecified atom stereocenters. The largest absolute Gasteiger partial charge is 0.314 e. The molecule has 1 heterocycles. The Balaban J connectivity index is 2.18. The van der Waals surface area contributed by atoms with Gasteiger partial charge in [-0.15, -0.1) is 0 Å². The molecule has 0 saturated carbocycles. The van der Waals surface area contributed by atoms with Gasteiger partial charge >= 0.3 is 0 Å². The van der Waals surface area contributed by atoms with E-state index in [1.807, 2.05) is 0 Å². The minimum absolute atomic E-state index is 0.769. The van der Waals surface area contributed by atoms with Crippen molar-refractivity contribution < 1.29 is 0 Å². The van der Waals surface area contributed by atoms with Crippen LogP contribution in [-0.4, -0.2) is 36.6 Å². The molecule has 0 aromatic carbocycles. The van der Waals surface area contributed by atoms with Gasteiger partial charge in [-0.2, -0.15) is 0 Å². The van der Waals surface area contributed by atoms with Crippen LogP contribution in [0.3, 0.4) is 0 Å². The van der Waals surface area contributed by atoms with Crippen molar-refractivity contribution >= 4 is 0 Å². The Morgan fingerprint density at radius 2 is 2.12 bits per heavy atom. The van der Waals surface area contributed by atoms with Crippen molar-refractivity contribution in [3.8, 4) is 0 Å². The van der Waals surface area contributed by atoms with Gasteiger partial charge in [0, 0.05) is 12.1 Å². The Bertz CT molecular complexity index is 191. The van der Waals surface area contributed by atoms with Gasteiger partial charge in [-0.25, -0.2) is 0 Å². The van der Waals surface area contributed by atoms with Crippen LogP contribution in [0.4, 0.5) is 0 Å². The third-order valence-electron chi connectivity index (χ3n) is 3.92. The monoisotopic (exact) mass is 240 g/mol. The number of piperidine rings is 1. The molecule has 2 atom stereocenters. The molecule has 0 aromatic heterocycles. The second-order valence-electron chi connectivity index (χ2n) is 6.10. The van der Waals surface area contributed by atoms with Gasteiger partial charge in [0.2, 0.25) is 0 Å². The highest BCUT2D eigenvalue weighted by Crippen LogP contribution is 2.18. The molecule has 1 fully saturated rings. The van der Waals surface area contributed by atoms with Crippen molar-refractivity contribution in [1.82, 2.24) is 10.2 Å². The summed E-state index contributed by atoms with van der Waals surface area (Å²) in [6, 6.07) is 1.54. The SMILES string of the molecule is CCCNC1CCN(CCCC(C)C)C(C)C1. The highest BCUT2D eigenvalue weighted by molar-refractivity contribution is 4.82. The van der Waals surface area contributed by atoms with E-state index >= 15 is 0 Å². The molecule has 1 aliphatic heterocycles. The predicted molar refractivity (Wildman–Crippen MR) is 76.4 cm³/mol. The van der Waals surface area contributed by atoms with Gasteiger partial charge in [0.05, 0.1) is 0 Å². The maximum absolute atomic E-state index is 3.67. The van der Waals surface area contributed by atoms with E-state index in [9.17, 15) is 0 Å². The maximum atomic E-state index is 3.67. The minimum Gasteiger partial charge on any atom is -0.314 e. The van der Waals surface area contributed by atoms with Crippen LogP contribution in [0.1, 0.15) is 59.8 Å². The standard InChI is InChI=1S/C15H32N2/c1-5-9-16-15-8-11-17(14(4)12-15)10-6-7-13(2)3/h13-16H,5-12H2,1-4H3. The average molecular weight is 240 g/mol. The topological polar surface area (TPSA) is 15.3 Å². The molecule has 1 aliphatic rings. The molecule has 1 saturated heterocycles. The zero-order valence-electron chi connectivity index (χ0n) is 12.3. The van der Waals surface area contributed by atoms with E-state index in [0.29, 0.717) is 0 Å². The Morgan fingerprint density at radius 3 is 2.71 bits per heavy atom.